The van der Waals surface area contributed by atoms with E-state index in [1.54, 1.807) is 6.92 Å². The molecule has 2 aliphatic rings. The highest BCUT2D eigenvalue weighted by molar-refractivity contribution is 6.07. The van der Waals surface area contributed by atoms with Gasteiger partial charge < -0.3 is 15.0 Å². The van der Waals surface area contributed by atoms with Crippen molar-refractivity contribution in [3.63, 3.8) is 0 Å². The van der Waals surface area contributed by atoms with E-state index in [-0.39, 0.29) is 11.9 Å². The predicted octanol–water partition coefficient (Wildman–Crippen LogP) is 3.68. The van der Waals surface area contributed by atoms with E-state index in [0.29, 0.717) is 29.5 Å². The fraction of sp³-hybridized carbons (Fsp3) is 0.818. The Labute approximate surface area is 164 Å². The van der Waals surface area contributed by atoms with Gasteiger partial charge in [0.25, 0.3) is 5.91 Å². The summed E-state index contributed by atoms with van der Waals surface area (Å²) in [5.74, 6) is 0.847. The Bertz CT molecular complexity index is 550. The minimum atomic E-state index is -0.662. The van der Waals surface area contributed by atoms with Crippen LogP contribution in [0, 0.1) is 11.8 Å². The maximum atomic E-state index is 12.9. The third-order valence-corrected chi connectivity index (χ3v) is 5.50. The van der Waals surface area contributed by atoms with Gasteiger partial charge in [0.2, 0.25) is 0 Å². The SMILES string of the molecule is CC1=C(C(=O)NCCCN(CC(C)C)CC(C)C)C2(CCCCC2)OC1=O. The Morgan fingerprint density at radius 3 is 2.26 bits per heavy atom. The Kier molecular flexibility index (Phi) is 7.90. The van der Waals surface area contributed by atoms with E-state index in [2.05, 4.69) is 37.9 Å². The van der Waals surface area contributed by atoms with Crippen molar-refractivity contribution in [3.8, 4) is 0 Å². The zero-order chi connectivity index (χ0) is 20.0. The molecular weight excluding hydrogens is 340 g/mol. The first-order valence-electron chi connectivity index (χ1n) is 10.7. The van der Waals surface area contributed by atoms with Gasteiger partial charge in [-0.05, 0) is 57.4 Å². The Balaban J connectivity index is 1.89. The number of hydrogen-bond acceptors (Lipinski definition) is 4. The third kappa shape index (κ3) is 5.81. The number of nitrogens with one attached hydrogen (secondary N) is 1. The van der Waals surface area contributed by atoms with Gasteiger partial charge in [0.15, 0.2) is 0 Å². The first-order valence-corrected chi connectivity index (χ1v) is 10.7. The summed E-state index contributed by atoms with van der Waals surface area (Å²) in [5.41, 5.74) is 0.425. The number of carbonyl (C=O) groups is 2. The highest BCUT2D eigenvalue weighted by Gasteiger charge is 2.49. The third-order valence-electron chi connectivity index (χ3n) is 5.50. The van der Waals surface area contributed by atoms with Crippen LogP contribution in [0.25, 0.3) is 0 Å². The molecule has 0 atom stereocenters. The predicted molar refractivity (Wildman–Crippen MR) is 108 cm³/mol. The van der Waals surface area contributed by atoms with Crippen LogP contribution in [0.15, 0.2) is 11.1 Å². The van der Waals surface area contributed by atoms with E-state index < -0.39 is 5.60 Å². The van der Waals surface area contributed by atoms with Crippen molar-refractivity contribution in [1.82, 2.24) is 10.2 Å². The molecule has 1 aliphatic carbocycles. The molecule has 1 saturated carbocycles. The lowest BCUT2D eigenvalue weighted by Crippen LogP contribution is -2.42. The van der Waals surface area contributed by atoms with Crippen LogP contribution in [0.1, 0.15) is 73.1 Å². The van der Waals surface area contributed by atoms with Gasteiger partial charge in [0, 0.05) is 25.2 Å². The number of carbonyl (C=O) groups excluding carboxylic acids is 2. The molecular formula is C22H38N2O3. The Morgan fingerprint density at radius 2 is 1.70 bits per heavy atom. The second-order valence-electron chi connectivity index (χ2n) is 9.10. The topological polar surface area (TPSA) is 58.6 Å². The zero-order valence-corrected chi connectivity index (χ0v) is 17.9. The summed E-state index contributed by atoms with van der Waals surface area (Å²) in [6.45, 7) is 14.5. The number of rotatable bonds is 9. The lowest BCUT2D eigenvalue weighted by atomic mass is 9.78. The molecule has 5 nitrogen and oxygen atoms in total. The molecule has 5 heteroatoms. The average Bonchev–Trinajstić information content (AvgIpc) is 2.81. The maximum Gasteiger partial charge on any atom is 0.335 e. The van der Waals surface area contributed by atoms with Gasteiger partial charge in [-0.1, -0.05) is 34.1 Å². The lowest BCUT2D eigenvalue weighted by Gasteiger charge is -2.34. The minimum Gasteiger partial charge on any atom is -0.451 e. The van der Waals surface area contributed by atoms with Gasteiger partial charge in [0.05, 0.1) is 5.57 Å². The molecule has 0 aromatic rings. The van der Waals surface area contributed by atoms with Crippen LogP contribution in [0.4, 0.5) is 0 Å². The van der Waals surface area contributed by atoms with Crippen LogP contribution in [0.2, 0.25) is 0 Å². The standard InChI is InChI=1S/C22H38N2O3/c1-16(2)14-24(15-17(3)4)13-9-12-23-20(25)19-18(5)21(26)27-22(19)10-7-6-8-11-22/h16-17H,6-15H2,1-5H3,(H,23,25). The molecule has 1 amide bonds. The molecule has 0 saturated heterocycles. The maximum absolute atomic E-state index is 12.9. The smallest absolute Gasteiger partial charge is 0.335 e. The summed E-state index contributed by atoms with van der Waals surface area (Å²) in [5, 5.41) is 3.05. The number of amides is 1. The molecule has 0 bridgehead atoms. The van der Waals surface area contributed by atoms with Crippen molar-refractivity contribution >= 4 is 11.9 Å². The fourth-order valence-electron chi connectivity index (χ4n) is 4.48. The average molecular weight is 379 g/mol. The molecule has 0 aromatic heterocycles. The van der Waals surface area contributed by atoms with Crippen molar-refractivity contribution in [2.45, 2.75) is 78.7 Å². The van der Waals surface area contributed by atoms with E-state index in [4.69, 9.17) is 4.74 Å². The van der Waals surface area contributed by atoms with E-state index >= 15 is 0 Å². The minimum absolute atomic E-state index is 0.112. The summed E-state index contributed by atoms with van der Waals surface area (Å²) in [7, 11) is 0. The molecule has 0 unspecified atom stereocenters. The fourth-order valence-corrected chi connectivity index (χ4v) is 4.48. The second kappa shape index (κ2) is 9.72. The van der Waals surface area contributed by atoms with Gasteiger partial charge >= 0.3 is 5.97 Å². The molecule has 1 fully saturated rings. The zero-order valence-electron chi connectivity index (χ0n) is 17.9. The molecule has 1 spiro atoms. The molecule has 2 rings (SSSR count). The van der Waals surface area contributed by atoms with Crippen LogP contribution in [0.5, 0.6) is 0 Å². The van der Waals surface area contributed by atoms with E-state index in [9.17, 15) is 9.59 Å². The molecule has 154 valence electrons. The van der Waals surface area contributed by atoms with E-state index in [1.165, 1.54) is 0 Å². The van der Waals surface area contributed by atoms with Crippen molar-refractivity contribution in [2.24, 2.45) is 11.8 Å². The highest BCUT2D eigenvalue weighted by Crippen LogP contribution is 2.43. The van der Waals surface area contributed by atoms with Crippen molar-refractivity contribution in [1.29, 1.82) is 0 Å². The van der Waals surface area contributed by atoms with Crippen LogP contribution in [-0.2, 0) is 14.3 Å². The van der Waals surface area contributed by atoms with Gasteiger partial charge in [0.1, 0.15) is 5.60 Å². The second-order valence-corrected chi connectivity index (χ2v) is 9.10. The van der Waals surface area contributed by atoms with Crippen LogP contribution >= 0.6 is 0 Å². The Morgan fingerprint density at radius 1 is 1.11 bits per heavy atom. The summed E-state index contributed by atoms with van der Waals surface area (Å²) >= 11 is 0. The summed E-state index contributed by atoms with van der Waals surface area (Å²) in [4.78, 5) is 27.5. The molecule has 1 N–H and O–H groups in total. The first kappa shape index (κ1) is 21.9. The van der Waals surface area contributed by atoms with Crippen molar-refractivity contribution in [3.05, 3.63) is 11.1 Å². The van der Waals surface area contributed by atoms with Crippen LogP contribution < -0.4 is 5.32 Å². The van der Waals surface area contributed by atoms with Crippen molar-refractivity contribution in [2.75, 3.05) is 26.2 Å². The molecule has 0 aromatic carbocycles. The number of esters is 1. The quantitative estimate of drug-likeness (QED) is 0.491. The van der Waals surface area contributed by atoms with Crippen LogP contribution in [-0.4, -0.2) is 48.6 Å². The molecule has 1 heterocycles. The number of nitrogens with zero attached hydrogens (tertiary/aromatic N) is 1. The van der Waals surface area contributed by atoms with E-state index in [0.717, 1.165) is 58.2 Å². The molecule has 1 aliphatic heterocycles. The van der Waals surface area contributed by atoms with Crippen molar-refractivity contribution < 1.29 is 14.3 Å². The normalized spacial score (nSPS) is 19.5. The number of ether oxygens (including phenoxy) is 1. The molecule has 0 radical (unpaired) electrons. The Hall–Kier alpha value is -1.36. The first-order chi connectivity index (χ1) is 12.7. The van der Waals surface area contributed by atoms with E-state index in [1.807, 2.05) is 0 Å². The van der Waals surface area contributed by atoms with Gasteiger partial charge in [-0.15, -0.1) is 0 Å². The van der Waals surface area contributed by atoms with Crippen LogP contribution in [0.3, 0.4) is 0 Å². The largest absolute Gasteiger partial charge is 0.451 e. The van der Waals surface area contributed by atoms with Gasteiger partial charge in [-0.3, -0.25) is 4.79 Å². The van der Waals surface area contributed by atoms with Gasteiger partial charge in [-0.2, -0.15) is 0 Å². The number of hydrogen-bond donors (Lipinski definition) is 1. The monoisotopic (exact) mass is 378 g/mol. The summed E-state index contributed by atoms with van der Waals surface area (Å²) in [6.07, 6.45) is 5.63. The molecule has 27 heavy (non-hydrogen) atoms. The van der Waals surface area contributed by atoms with Gasteiger partial charge in [-0.25, -0.2) is 4.79 Å². The lowest BCUT2D eigenvalue weighted by molar-refractivity contribution is -0.149. The summed E-state index contributed by atoms with van der Waals surface area (Å²) in [6, 6.07) is 0. The summed E-state index contributed by atoms with van der Waals surface area (Å²) < 4.78 is 5.69. The highest BCUT2D eigenvalue weighted by atomic mass is 16.6.